The molecule has 1 aliphatic heterocycles. The van der Waals surface area contributed by atoms with Crippen LogP contribution in [0.1, 0.15) is 39.1 Å². The van der Waals surface area contributed by atoms with E-state index < -0.39 is 4.92 Å². The molecule has 2 heterocycles. The number of hydrogen-bond donors (Lipinski definition) is 1. The van der Waals surface area contributed by atoms with Crippen molar-refractivity contribution in [2.24, 2.45) is 5.92 Å². The summed E-state index contributed by atoms with van der Waals surface area (Å²) in [7, 11) is 0. The first-order valence-corrected chi connectivity index (χ1v) is 9.19. The molecule has 1 saturated heterocycles. The largest absolute Gasteiger partial charge is 0.352 e. The fourth-order valence-electron chi connectivity index (χ4n) is 3.42. The normalized spacial score (nSPS) is 14.5. The molecule has 2 amide bonds. The third-order valence-electron chi connectivity index (χ3n) is 5.13. The topological polar surface area (TPSA) is 105 Å². The minimum Gasteiger partial charge on any atom is -0.352 e. The predicted molar refractivity (Wildman–Crippen MR) is 103 cm³/mol. The van der Waals surface area contributed by atoms with Gasteiger partial charge in [-0.05, 0) is 43.9 Å². The van der Waals surface area contributed by atoms with Crippen molar-refractivity contribution in [3.05, 3.63) is 69.5 Å². The maximum absolute atomic E-state index is 12.5. The molecule has 0 radical (unpaired) electrons. The van der Waals surface area contributed by atoms with Gasteiger partial charge in [0.1, 0.15) is 0 Å². The number of amides is 2. The smallest absolute Gasteiger partial charge is 0.273 e. The molecule has 0 unspecified atom stereocenters. The van der Waals surface area contributed by atoms with Crippen LogP contribution in [0, 0.1) is 23.0 Å². The van der Waals surface area contributed by atoms with Crippen LogP contribution in [-0.4, -0.2) is 46.3 Å². The minimum absolute atomic E-state index is 0.00268. The number of carbonyl (C=O) groups excluding carboxylic acids is 2. The first-order valence-electron chi connectivity index (χ1n) is 9.19. The highest BCUT2D eigenvalue weighted by atomic mass is 16.6. The van der Waals surface area contributed by atoms with Crippen molar-refractivity contribution in [3.63, 3.8) is 0 Å². The van der Waals surface area contributed by atoms with Gasteiger partial charge in [0.15, 0.2) is 0 Å². The maximum Gasteiger partial charge on any atom is 0.273 e. The maximum atomic E-state index is 12.5. The minimum atomic E-state index is -0.484. The Kier molecular flexibility index (Phi) is 5.98. The number of nitro groups is 1. The van der Waals surface area contributed by atoms with Crippen LogP contribution < -0.4 is 5.32 Å². The SMILES string of the molecule is Cc1c(C(=O)NCC2CCN(C(=O)c3ccncc3)CC2)cccc1[N+](=O)[O-]. The summed E-state index contributed by atoms with van der Waals surface area (Å²) in [6, 6.07) is 7.91. The van der Waals surface area contributed by atoms with Gasteiger partial charge in [0.05, 0.1) is 4.92 Å². The molecule has 0 bridgehead atoms. The van der Waals surface area contributed by atoms with E-state index in [9.17, 15) is 19.7 Å². The molecular weight excluding hydrogens is 360 g/mol. The van der Waals surface area contributed by atoms with Crippen molar-refractivity contribution in [2.75, 3.05) is 19.6 Å². The Morgan fingerprint density at radius 2 is 1.89 bits per heavy atom. The summed E-state index contributed by atoms with van der Waals surface area (Å²) in [5.41, 5.74) is 1.25. The molecule has 146 valence electrons. The average molecular weight is 382 g/mol. The van der Waals surface area contributed by atoms with Gasteiger partial charge in [0.2, 0.25) is 0 Å². The van der Waals surface area contributed by atoms with E-state index in [0.29, 0.717) is 36.3 Å². The van der Waals surface area contributed by atoms with Crippen molar-refractivity contribution < 1.29 is 14.5 Å². The highest BCUT2D eigenvalue weighted by molar-refractivity contribution is 5.96. The molecule has 1 N–H and O–H groups in total. The summed E-state index contributed by atoms with van der Waals surface area (Å²) >= 11 is 0. The number of piperidine rings is 1. The fourth-order valence-corrected chi connectivity index (χ4v) is 3.42. The van der Waals surface area contributed by atoms with Gasteiger partial charge in [-0.3, -0.25) is 24.7 Å². The first kappa shape index (κ1) is 19.5. The summed E-state index contributed by atoms with van der Waals surface area (Å²) in [6.07, 6.45) is 4.80. The van der Waals surface area contributed by atoms with Crippen LogP contribution in [0.3, 0.4) is 0 Å². The van der Waals surface area contributed by atoms with Crippen molar-refractivity contribution in [2.45, 2.75) is 19.8 Å². The summed E-state index contributed by atoms with van der Waals surface area (Å²) in [4.78, 5) is 41.2. The number of benzene rings is 1. The van der Waals surface area contributed by atoms with Crippen molar-refractivity contribution in [1.82, 2.24) is 15.2 Å². The number of nitrogens with zero attached hydrogens (tertiary/aromatic N) is 3. The zero-order valence-electron chi connectivity index (χ0n) is 15.6. The lowest BCUT2D eigenvalue weighted by Crippen LogP contribution is -2.41. The zero-order valence-corrected chi connectivity index (χ0v) is 15.6. The number of rotatable bonds is 5. The molecule has 1 fully saturated rings. The number of likely N-dealkylation sites (tertiary alicyclic amines) is 1. The molecule has 0 saturated carbocycles. The van der Waals surface area contributed by atoms with Gasteiger partial charge in [0.25, 0.3) is 17.5 Å². The third-order valence-corrected chi connectivity index (χ3v) is 5.13. The molecular formula is C20H22N4O4. The Balaban J connectivity index is 1.52. The predicted octanol–water partition coefficient (Wildman–Crippen LogP) is 2.58. The lowest BCUT2D eigenvalue weighted by molar-refractivity contribution is -0.385. The van der Waals surface area contributed by atoms with Gasteiger partial charge in [-0.25, -0.2) is 0 Å². The molecule has 0 spiro atoms. The Morgan fingerprint density at radius 1 is 1.21 bits per heavy atom. The van der Waals surface area contributed by atoms with Gasteiger partial charge < -0.3 is 10.2 Å². The van der Waals surface area contributed by atoms with E-state index >= 15 is 0 Å². The molecule has 3 rings (SSSR count). The van der Waals surface area contributed by atoms with Crippen LogP contribution in [0.2, 0.25) is 0 Å². The summed E-state index contributed by atoms with van der Waals surface area (Å²) in [5, 5.41) is 13.9. The molecule has 2 aromatic rings. The van der Waals surface area contributed by atoms with Crippen LogP contribution in [0.15, 0.2) is 42.7 Å². The molecule has 28 heavy (non-hydrogen) atoms. The number of nitrogens with one attached hydrogen (secondary N) is 1. The molecule has 8 nitrogen and oxygen atoms in total. The van der Waals surface area contributed by atoms with E-state index in [2.05, 4.69) is 10.3 Å². The van der Waals surface area contributed by atoms with E-state index in [1.54, 1.807) is 37.5 Å². The van der Waals surface area contributed by atoms with Crippen LogP contribution in [-0.2, 0) is 0 Å². The standard InChI is InChI=1S/C20H22N4O4/c1-14-17(3-2-4-18(14)24(27)28)19(25)22-13-15-7-11-23(12-8-15)20(26)16-5-9-21-10-6-16/h2-6,9-10,15H,7-8,11-13H2,1H3,(H,22,25). The van der Waals surface area contributed by atoms with Gasteiger partial charge >= 0.3 is 0 Å². The summed E-state index contributed by atoms with van der Waals surface area (Å²) < 4.78 is 0. The molecule has 8 heteroatoms. The van der Waals surface area contributed by atoms with Gasteiger partial charge in [-0.15, -0.1) is 0 Å². The summed E-state index contributed by atoms with van der Waals surface area (Å²) in [5.74, 6) is -0.0435. The lowest BCUT2D eigenvalue weighted by Gasteiger charge is -2.32. The Hall–Kier alpha value is -3.29. The number of carbonyl (C=O) groups is 2. The van der Waals surface area contributed by atoms with Crippen molar-refractivity contribution in [3.8, 4) is 0 Å². The zero-order chi connectivity index (χ0) is 20.1. The Bertz CT molecular complexity index is 877. The number of aromatic nitrogens is 1. The number of pyridine rings is 1. The quantitative estimate of drug-likeness (QED) is 0.632. The monoisotopic (exact) mass is 382 g/mol. The van der Waals surface area contributed by atoms with E-state index in [-0.39, 0.29) is 23.4 Å². The van der Waals surface area contributed by atoms with Gasteiger partial charge in [0, 0.05) is 54.8 Å². The number of hydrogen-bond acceptors (Lipinski definition) is 5. The van der Waals surface area contributed by atoms with E-state index in [0.717, 1.165) is 12.8 Å². The van der Waals surface area contributed by atoms with E-state index in [1.165, 1.54) is 12.1 Å². The summed E-state index contributed by atoms with van der Waals surface area (Å²) in [6.45, 7) is 3.34. The Labute approximate surface area is 162 Å². The second-order valence-corrected chi connectivity index (χ2v) is 6.89. The lowest BCUT2D eigenvalue weighted by atomic mass is 9.96. The first-order chi connectivity index (χ1) is 13.5. The van der Waals surface area contributed by atoms with E-state index in [4.69, 9.17) is 0 Å². The molecule has 1 aromatic carbocycles. The molecule has 0 atom stereocenters. The second kappa shape index (κ2) is 8.60. The Morgan fingerprint density at radius 3 is 2.54 bits per heavy atom. The van der Waals surface area contributed by atoms with E-state index in [1.807, 2.05) is 4.90 Å². The fraction of sp³-hybridized carbons (Fsp3) is 0.350. The molecule has 0 aliphatic carbocycles. The van der Waals surface area contributed by atoms with Crippen molar-refractivity contribution >= 4 is 17.5 Å². The number of nitro benzene ring substituents is 1. The highest BCUT2D eigenvalue weighted by Gasteiger charge is 2.24. The average Bonchev–Trinajstić information content (AvgIpc) is 2.72. The van der Waals surface area contributed by atoms with Gasteiger partial charge in [-0.2, -0.15) is 0 Å². The van der Waals surface area contributed by atoms with Crippen molar-refractivity contribution in [1.29, 1.82) is 0 Å². The third kappa shape index (κ3) is 4.33. The molecule has 1 aromatic heterocycles. The molecule has 1 aliphatic rings. The van der Waals surface area contributed by atoms with Gasteiger partial charge in [-0.1, -0.05) is 6.07 Å². The second-order valence-electron chi connectivity index (χ2n) is 6.89. The van der Waals surface area contributed by atoms with Crippen LogP contribution >= 0.6 is 0 Å². The highest BCUT2D eigenvalue weighted by Crippen LogP contribution is 2.22. The van der Waals surface area contributed by atoms with Crippen LogP contribution in [0.5, 0.6) is 0 Å². The van der Waals surface area contributed by atoms with Crippen LogP contribution in [0.25, 0.3) is 0 Å². The van der Waals surface area contributed by atoms with Crippen LogP contribution in [0.4, 0.5) is 5.69 Å².